The first kappa shape index (κ1) is 40.8. The summed E-state index contributed by atoms with van der Waals surface area (Å²) in [5.41, 5.74) is 12.6. The summed E-state index contributed by atoms with van der Waals surface area (Å²) < 4.78 is 8.02. The predicted molar refractivity (Wildman–Crippen MR) is 229 cm³/mol. The fourth-order valence-electron chi connectivity index (χ4n) is 7.92. The van der Waals surface area contributed by atoms with Gasteiger partial charge >= 0.3 is 137 Å². The Balaban J connectivity index is 0.000000196. The molecular formula is C49H53GeIrN3O-2. The summed E-state index contributed by atoms with van der Waals surface area (Å²) in [7, 11) is 0. The minimum atomic E-state index is -1.87. The molecule has 1 fully saturated rings. The van der Waals surface area contributed by atoms with Crippen molar-refractivity contribution in [1.82, 2.24) is 15.0 Å². The van der Waals surface area contributed by atoms with Crippen LogP contribution >= 0.6 is 0 Å². The number of hydrogen-bond acceptors (Lipinski definition) is 4. The Morgan fingerprint density at radius 2 is 1.55 bits per heavy atom. The molecule has 0 amide bonds. The van der Waals surface area contributed by atoms with E-state index in [1.807, 2.05) is 42.6 Å². The van der Waals surface area contributed by atoms with E-state index in [2.05, 4.69) is 124 Å². The molecule has 1 radical (unpaired) electrons. The van der Waals surface area contributed by atoms with Gasteiger partial charge in [-0.1, -0.05) is 80.6 Å². The van der Waals surface area contributed by atoms with E-state index in [1.54, 1.807) is 9.96 Å². The van der Waals surface area contributed by atoms with Crippen molar-refractivity contribution >= 4 is 39.7 Å². The molecular weight excluding hydrogens is 911 g/mol. The Hall–Kier alpha value is -3.90. The maximum absolute atomic E-state index is 6.43. The van der Waals surface area contributed by atoms with E-state index in [0.29, 0.717) is 17.5 Å². The number of aryl methyl sites for hydroxylation is 2. The third kappa shape index (κ3) is 9.06. The molecule has 6 heteroatoms. The van der Waals surface area contributed by atoms with E-state index < -0.39 is 13.3 Å². The third-order valence-corrected chi connectivity index (χ3v) is 15.7. The smallest absolute Gasteiger partial charge is 0 e. The number of nitrogens with zero attached hydrogens (tertiary/aromatic N) is 3. The SMILES string of the molecule is Cc1cc(-c2ccccc2)nc2oc3c(-c4cc(C(C)C(C)C)ccn4)[c-]cc(C)c3c12.[CH3][Ge]([CH3])([CH3])[c]1cnc(-c2[c-]cccc2)cc1CC1CCCC1.[Ir]. The van der Waals surface area contributed by atoms with Gasteiger partial charge in [0, 0.05) is 37.3 Å². The maximum atomic E-state index is 6.43. The molecule has 1 saturated carbocycles. The van der Waals surface area contributed by atoms with Crippen LogP contribution in [0.5, 0.6) is 0 Å². The van der Waals surface area contributed by atoms with Gasteiger partial charge in [0.05, 0.1) is 11.3 Å². The normalized spacial score (nSPS) is 13.8. The van der Waals surface area contributed by atoms with Crippen LogP contribution in [-0.2, 0) is 26.5 Å². The number of rotatable bonds is 8. The van der Waals surface area contributed by atoms with Gasteiger partial charge in [-0.3, -0.25) is 0 Å². The van der Waals surface area contributed by atoms with E-state index in [4.69, 9.17) is 14.4 Å². The molecule has 0 aliphatic heterocycles. The third-order valence-electron chi connectivity index (χ3n) is 11.3. The predicted octanol–water partition coefficient (Wildman–Crippen LogP) is 12.7. The van der Waals surface area contributed by atoms with Crippen molar-refractivity contribution in [3.8, 4) is 33.8 Å². The molecule has 1 unspecified atom stereocenters. The Bertz CT molecular complexity index is 2370. The number of hydrogen-bond donors (Lipinski definition) is 0. The first-order chi connectivity index (χ1) is 26.0. The molecule has 0 N–H and O–H groups in total. The van der Waals surface area contributed by atoms with E-state index >= 15 is 0 Å². The van der Waals surface area contributed by atoms with Gasteiger partial charge in [0.15, 0.2) is 0 Å². The summed E-state index contributed by atoms with van der Waals surface area (Å²) in [4.78, 5) is 14.3. The summed E-state index contributed by atoms with van der Waals surface area (Å²) in [6.45, 7) is 11.0. The molecule has 1 atom stereocenters. The molecule has 3 aromatic carbocycles. The maximum Gasteiger partial charge on any atom is 0 e. The zero-order valence-electron chi connectivity index (χ0n) is 33.6. The molecule has 0 spiro atoms. The van der Waals surface area contributed by atoms with Gasteiger partial charge < -0.3 is 9.40 Å². The summed E-state index contributed by atoms with van der Waals surface area (Å²) in [6.07, 6.45) is 11.0. The number of benzene rings is 3. The molecule has 55 heavy (non-hydrogen) atoms. The van der Waals surface area contributed by atoms with Crippen molar-refractivity contribution in [3.05, 3.63) is 132 Å². The molecule has 1 aliphatic carbocycles. The standard InChI is InChI=1S/C29H27N2O.C20H26GeN.Ir/c1-17(2)20(5)22-13-14-30-25(16-22)23-12-11-18(3)26-27-19(4)15-24(21-9-7-6-8-10-21)31-29(27)32-28(23)26;1-21(2,3)19-15-22-20(17-11-5-4-6-12-17)14-18(19)13-16-9-7-8-10-16;/h6-11,13-17,20H,1-5H3;4-6,11,14-16H,7-10,13H2,1-3H3;/q2*-1;. The first-order valence-electron chi connectivity index (χ1n) is 19.7. The van der Waals surface area contributed by atoms with Crippen molar-refractivity contribution in [3.63, 3.8) is 0 Å². The average molecular weight is 965 g/mol. The van der Waals surface area contributed by atoms with Crippen molar-refractivity contribution in [2.45, 2.75) is 89.9 Å². The number of pyridine rings is 3. The average Bonchev–Trinajstić information content (AvgIpc) is 3.84. The second kappa shape index (κ2) is 17.5. The fourth-order valence-corrected chi connectivity index (χ4v) is 11.3. The topological polar surface area (TPSA) is 51.8 Å². The van der Waals surface area contributed by atoms with Gasteiger partial charge in [-0.15, -0.1) is 17.7 Å². The van der Waals surface area contributed by atoms with Crippen LogP contribution in [0.4, 0.5) is 0 Å². The quantitative estimate of drug-likeness (QED) is 0.112. The minimum Gasteiger partial charge on any atom is 0 e. The van der Waals surface area contributed by atoms with E-state index in [1.165, 1.54) is 37.7 Å². The monoisotopic (exact) mass is 966 g/mol. The molecule has 4 aromatic heterocycles. The summed E-state index contributed by atoms with van der Waals surface area (Å²) in [5, 5.41) is 2.17. The van der Waals surface area contributed by atoms with Crippen molar-refractivity contribution in [2.24, 2.45) is 11.8 Å². The number of aromatic nitrogens is 3. The van der Waals surface area contributed by atoms with Gasteiger partial charge in [-0.2, -0.15) is 0 Å². The van der Waals surface area contributed by atoms with Crippen LogP contribution in [0, 0.1) is 37.8 Å². The molecule has 1 aliphatic rings. The van der Waals surface area contributed by atoms with E-state index in [0.717, 1.165) is 67.2 Å². The molecule has 4 heterocycles. The summed E-state index contributed by atoms with van der Waals surface area (Å²) in [6, 6.07) is 36.0. The Kier molecular flexibility index (Phi) is 13.0. The fraction of sp³-hybridized carbons (Fsp3) is 0.327. The Morgan fingerprint density at radius 1 is 0.800 bits per heavy atom. The molecule has 0 saturated heterocycles. The molecule has 8 rings (SSSR count). The van der Waals surface area contributed by atoms with Gasteiger partial charge in [0.1, 0.15) is 0 Å². The van der Waals surface area contributed by atoms with Gasteiger partial charge in [0.2, 0.25) is 5.71 Å². The van der Waals surface area contributed by atoms with Crippen molar-refractivity contribution in [2.75, 3.05) is 0 Å². The van der Waals surface area contributed by atoms with Crippen molar-refractivity contribution in [1.29, 1.82) is 0 Å². The van der Waals surface area contributed by atoms with Crippen molar-refractivity contribution < 1.29 is 24.5 Å². The van der Waals surface area contributed by atoms with Crippen LogP contribution in [0.1, 0.15) is 74.6 Å². The second-order valence-electron chi connectivity index (χ2n) is 16.6. The van der Waals surface area contributed by atoms with E-state index in [9.17, 15) is 0 Å². The molecule has 7 aromatic rings. The Morgan fingerprint density at radius 3 is 2.24 bits per heavy atom. The second-order valence-corrected chi connectivity index (χ2v) is 27.2. The van der Waals surface area contributed by atoms with E-state index in [-0.39, 0.29) is 20.1 Å². The number of fused-ring (bicyclic) bond motifs is 3. The van der Waals surface area contributed by atoms with Crippen LogP contribution in [0.25, 0.3) is 55.8 Å². The Labute approximate surface area is 344 Å². The first-order valence-corrected chi connectivity index (χ1v) is 27.1. The van der Waals surface area contributed by atoms with Crippen LogP contribution in [-0.4, -0.2) is 28.2 Å². The van der Waals surface area contributed by atoms with Crippen LogP contribution in [0.15, 0.2) is 102 Å². The molecule has 4 nitrogen and oxygen atoms in total. The van der Waals surface area contributed by atoms with Gasteiger partial charge in [-0.25, -0.2) is 4.98 Å². The number of furan rings is 1. The van der Waals surface area contributed by atoms with Crippen LogP contribution < -0.4 is 4.40 Å². The molecule has 0 bridgehead atoms. The van der Waals surface area contributed by atoms with Gasteiger partial charge in [-0.05, 0) is 42.1 Å². The zero-order chi connectivity index (χ0) is 38.0. The van der Waals surface area contributed by atoms with Crippen LogP contribution in [0.2, 0.25) is 17.3 Å². The summed E-state index contributed by atoms with van der Waals surface area (Å²) in [5.74, 6) is 9.32. The minimum absolute atomic E-state index is 0. The zero-order valence-corrected chi connectivity index (χ0v) is 38.1. The summed E-state index contributed by atoms with van der Waals surface area (Å²) >= 11 is -1.87. The largest absolute Gasteiger partial charge is 0 e. The molecule has 285 valence electrons. The van der Waals surface area contributed by atoms with Gasteiger partial charge in [0.25, 0.3) is 0 Å². The van der Waals surface area contributed by atoms with Crippen LogP contribution in [0.3, 0.4) is 0 Å².